The number of fused-ring (bicyclic) bond motifs is 1. The van der Waals surface area contributed by atoms with E-state index in [1.807, 2.05) is 24.3 Å². The first-order chi connectivity index (χ1) is 11.2. The summed E-state index contributed by atoms with van der Waals surface area (Å²) in [5.74, 6) is 1.35. The van der Waals surface area contributed by atoms with Crippen molar-refractivity contribution in [2.75, 3.05) is 14.2 Å². The van der Waals surface area contributed by atoms with Crippen LogP contribution in [-0.4, -0.2) is 34.8 Å². The summed E-state index contributed by atoms with van der Waals surface area (Å²) in [4.78, 5) is 11.7. The molecule has 3 rings (SSSR count). The van der Waals surface area contributed by atoms with Gasteiger partial charge in [-0.3, -0.25) is 4.40 Å². The molecule has 0 unspecified atom stereocenters. The minimum Gasteiger partial charge on any atom is -0.493 e. The molecule has 0 aliphatic rings. The summed E-state index contributed by atoms with van der Waals surface area (Å²) < 4.78 is 17.4. The van der Waals surface area contributed by atoms with Gasteiger partial charge in [-0.1, -0.05) is 12.1 Å². The minimum absolute atomic E-state index is 0.187. The molecule has 0 spiro atoms. The fourth-order valence-corrected chi connectivity index (χ4v) is 2.21. The van der Waals surface area contributed by atoms with Crippen LogP contribution in [0.2, 0.25) is 0 Å². The van der Waals surface area contributed by atoms with Crippen molar-refractivity contribution >= 4 is 11.6 Å². The van der Waals surface area contributed by atoms with E-state index in [2.05, 4.69) is 10.2 Å². The zero-order valence-electron chi connectivity index (χ0n) is 12.7. The lowest BCUT2D eigenvalue weighted by Crippen LogP contribution is -2.06. The standard InChI is InChI=1S/C16H15N3O4/c1-21-12-7-3-4-8-13(12)23-10-14-17-18-15-11(16(20)22-2)6-5-9-19(14)15/h3-9H,10H2,1-2H3. The van der Waals surface area contributed by atoms with Gasteiger partial charge >= 0.3 is 5.97 Å². The van der Waals surface area contributed by atoms with Gasteiger partial charge in [-0.2, -0.15) is 0 Å². The van der Waals surface area contributed by atoms with Gasteiger partial charge in [0, 0.05) is 6.20 Å². The van der Waals surface area contributed by atoms with Crippen LogP contribution in [0.25, 0.3) is 5.65 Å². The maximum Gasteiger partial charge on any atom is 0.341 e. The molecule has 3 aromatic rings. The van der Waals surface area contributed by atoms with E-state index in [0.29, 0.717) is 28.5 Å². The van der Waals surface area contributed by atoms with Gasteiger partial charge in [-0.05, 0) is 24.3 Å². The Bertz CT molecular complexity index is 844. The molecule has 0 amide bonds. The van der Waals surface area contributed by atoms with Gasteiger partial charge < -0.3 is 14.2 Å². The highest BCUT2D eigenvalue weighted by Crippen LogP contribution is 2.26. The lowest BCUT2D eigenvalue weighted by atomic mass is 10.3. The molecule has 0 saturated heterocycles. The molecule has 7 heteroatoms. The zero-order valence-corrected chi connectivity index (χ0v) is 12.7. The molecule has 0 saturated carbocycles. The Kier molecular flexibility index (Phi) is 4.09. The molecule has 0 bridgehead atoms. The molecule has 1 aromatic carbocycles. The van der Waals surface area contributed by atoms with E-state index in [9.17, 15) is 4.79 Å². The number of nitrogens with zero attached hydrogens (tertiary/aromatic N) is 3. The normalized spacial score (nSPS) is 10.5. The van der Waals surface area contributed by atoms with E-state index < -0.39 is 5.97 Å². The van der Waals surface area contributed by atoms with Crippen molar-refractivity contribution in [3.63, 3.8) is 0 Å². The summed E-state index contributed by atoms with van der Waals surface area (Å²) in [6, 6.07) is 10.7. The number of rotatable bonds is 5. The molecule has 0 radical (unpaired) electrons. The van der Waals surface area contributed by atoms with Gasteiger partial charge in [0.1, 0.15) is 12.2 Å². The summed E-state index contributed by atoms with van der Waals surface area (Å²) in [5, 5.41) is 8.13. The lowest BCUT2D eigenvalue weighted by molar-refractivity contribution is 0.0602. The molecule has 118 valence electrons. The van der Waals surface area contributed by atoms with Crippen LogP contribution in [0.5, 0.6) is 11.5 Å². The van der Waals surface area contributed by atoms with E-state index in [0.717, 1.165) is 0 Å². The Morgan fingerprint density at radius 1 is 1.09 bits per heavy atom. The first-order valence-electron chi connectivity index (χ1n) is 6.91. The number of carbonyl (C=O) groups excluding carboxylic acids is 1. The summed E-state index contributed by atoms with van der Waals surface area (Å²) in [5.41, 5.74) is 0.781. The number of carbonyl (C=O) groups is 1. The predicted molar refractivity (Wildman–Crippen MR) is 81.7 cm³/mol. The average molecular weight is 313 g/mol. The van der Waals surface area contributed by atoms with Crippen molar-refractivity contribution in [1.82, 2.24) is 14.6 Å². The molecule has 0 fully saturated rings. The molecular weight excluding hydrogens is 298 g/mol. The molecule has 0 atom stereocenters. The summed E-state index contributed by atoms with van der Waals surface area (Å²) in [7, 11) is 2.91. The minimum atomic E-state index is -0.458. The van der Waals surface area contributed by atoms with Crippen molar-refractivity contribution in [3.8, 4) is 11.5 Å². The first kappa shape index (κ1) is 14.8. The van der Waals surface area contributed by atoms with Crippen LogP contribution >= 0.6 is 0 Å². The Hall–Kier alpha value is -3.09. The number of benzene rings is 1. The number of para-hydroxylation sites is 2. The largest absolute Gasteiger partial charge is 0.493 e. The number of aromatic nitrogens is 3. The van der Waals surface area contributed by atoms with Crippen LogP contribution < -0.4 is 9.47 Å². The predicted octanol–water partition coefficient (Wildman–Crippen LogP) is 2.10. The van der Waals surface area contributed by atoms with Crippen molar-refractivity contribution in [1.29, 1.82) is 0 Å². The quantitative estimate of drug-likeness (QED) is 0.672. The van der Waals surface area contributed by atoms with Crippen LogP contribution in [0, 0.1) is 0 Å². The zero-order chi connectivity index (χ0) is 16.2. The summed E-state index contributed by atoms with van der Waals surface area (Å²) in [6.45, 7) is 0.187. The second-order valence-electron chi connectivity index (χ2n) is 4.66. The van der Waals surface area contributed by atoms with Gasteiger partial charge in [0.05, 0.1) is 14.2 Å². The third kappa shape index (κ3) is 2.80. The molecule has 0 aliphatic heterocycles. The average Bonchev–Trinajstić information content (AvgIpc) is 3.02. The smallest absolute Gasteiger partial charge is 0.341 e. The lowest BCUT2D eigenvalue weighted by Gasteiger charge is -2.09. The highest BCUT2D eigenvalue weighted by atomic mass is 16.5. The van der Waals surface area contributed by atoms with E-state index >= 15 is 0 Å². The van der Waals surface area contributed by atoms with E-state index in [-0.39, 0.29) is 6.61 Å². The highest BCUT2D eigenvalue weighted by molar-refractivity contribution is 5.95. The SMILES string of the molecule is COC(=O)c1cccn2c(COc3ccccc3OC)nnc12. The fourth-order valence-electron chi connectivity index (χ4n) is 2.21. The number of hydrogen-bond acceptors (Lipinski definition) is 6. The third-order valence-corrected chi connectivity index (χ3v) is 3.34. The van der Waals surface area contributed by atoms with Gasteiger partial charge in [0.15, 0.2) is 23.0 Å². The van der Waals surface area contributed by atoms with E-state index in [1.54, 1.807) is 29.8 Å². The molecule has 7 nitrogen and oxygen atoms in total. The van der Waals surface area contributed by atoms with Crippen molar-refractivity contribution in [2.45, 2.75) is 6.61 Å². The van der Waals surface area contributed by atoms with Crippen molar-refractivity contribution < 1.29 is 19.0 Å². The van der Waals surface area contributed by atoms with Crippen molar-refractivity contribution in [2.24, 2.45) is 0 Å². The van der Waals surface area contributed by atoms with Crippen LogP contribution in [0.4, 0.5) is 0 Å². The Balaban J connectivity index is 1.88. The van der Waals surface area contributed by atoms with E-state index in [1.165, 1.54) is 7.11 Å². The molecule has 23 heavy (non-hydrogen) atoms. The van der Waals surface area contributed by atoms with Gasteiger partial charge in [-0.25, -0.2) is 4.79 Å². The fraction of sp³-hybridized carbons (Fsp3) is 0.188. The molecular formula is C16H15N3O4. The van der Waals surface area contributed by atoms with Gasteiger partial charge in [0.2, 0.25) is 0 Å². The summed E-state index contributed by atoms with van der Waals surface area (Å²) >= 11 is 0. The first-order valence-corrected chi connectivity index (χ1v) is 6.91. The monoisotopic (exact) mass is 313 g/mol. The van der Waals surface area contributed by atoms with E-state index in [4.69, 9.17) is 14.2 Å². The number of ether oxygens (including phenoxy) is 3. The second-order valence-corrected chi connectivity index (χ2v) is 4.66. The second kappa shape index (κ2) is 6.35. The Labute approximate surface area is 132 Å². The number of esters is 1. The molecule has 2 aromatic heterocycles. The Morgan fingerprint density at radius 2 is 1.87 bits per heavy atom. The van der Waals surface area contributed by atoms with Crippen LogP contribution in [-0.2, 0) is 11.3 Å². The van der Waals surface area contributed by atoms with Crippen LogP contribution in [0.15, 0.2) is 42.6 Å². The Morgan fingerprint density at radius 3 is 2.61 bits per heavy atom. The molecule has 2 heterocycles. The van der Waals surface area contributed by atoms with Crippen molar-refractivity contribution in [3.05, 3.63) is 54.0 Å². The van der Waals surface area contributed by atoms with Crippen LogP contribution in [0.1, 0.15) is 16.2 Å². The summed E-state index contributed by atoms with van der Waals surface area (Å²) in [6.07, 6.45) is 1.77. The number of pyridine rings is 1. The third-order valence-electron chi connectivity index (χ3n) is 3.34. The number of hydrogen-bond donors (Lipinski definition) is 0. The van der Waals surface area contributed by atoms with Gasteiger partial charge in [-0.15, -0.1) is 10.2 Å². The maximum atomic E-state index is 11.7. The molecule has 0 aliphatic carbocycles. The maximum absolute atomic E-state index is 11.7. The number of methoxy groups -OCH3 is 2. The van der Waals surface area contributed by atoms with Gasteiger partial charge in [0.25, 0.3) is 0 Å². The molecule has 0 N–H and O–H groups in total. The van der Waals surface area contributed by atoms with Crippen LogP contribution in [0.3, 0.4) is 0 Å². The topological polar surface area (TPSA) is 75.0 Å². The highest BCUT2D eigenvalue weighted by Gasteiger charge is 2.15.